The SMILES string of the molecule is Nc1nn(CCC2CCCO2)cc1Cl. The van der Waals surface area contributed by atoms with Gasteiger partial charge >= 0.3 is 0 Å². The zero-order valence-electron chi connectivity index (χ0n) is 7.95. The maximum atomic E-state index is 5.79. The lowest BCUT2D eigenvalue weighted by Gasteiger charge is -2.08. The summed E-state index contributed by atoms with van der Waals surface area (Å²) in [4.78, 5) is 0. The fraction of sp³-hybridized carbons (Fsp3) is 0.667. The number of nitrogens with zero attached hydrogens (tertiary/aromatic N) is 2. The number of rotatable bonds is 3. The summed E-state index contributed by atoms with van der Waals surface area (Å²) in [6.07, 6.45) is 5.46. The number of ether oxygens (including phenoxy) is 1. The Morgan fingerprint density at radius 1 is 1.71 bits per heavy atom. The standard InChI is InChI=1S/C9H14ClN3O/c10-8-6-13(12-9(8)11)4-3-7-2-1-5-14-7/h6-7H,1-5H2,(H2,11,12). The van der Waals surface area contributed by atoms with Crippen LogP contribution in [0.1, 0.15) is 19.3 Å². The Morgan fingerprint density at radius 2 is 2.57 bits per heavy atom. The maximum absolute atomic E-state index is 5.79. The molecule has 0 amide bonds. The third-order valence-electron chi connectivity index (χ3n) is 2.45. The number of aryl methyl sites for hydroxylation is 1. The summed E-state index contributed by atoms with van der Waals surface area (Å²) in [5, 5.41) is 4.60. The molecule has 0 radical (unpaired) electrons. The van der Waals surface area contributed by atoms with Crippen LogP contribution in [-0.4, -0.2) is 22.5 Å². The molecule has 0 bridgehead atoms. The van der Waals surface area contributed by atoms with Gasteiger partial charge in [0.1, 0.15) is 5.02 Å². The van der Waals surface area contributed by atoms with Crippen molar-refractivity contribution in [2.45, 2.75) is 31.9 Å². The smallest absolute Gasteiger partial charge is 0.164 e. The lowest BCUT2D eigenvalue weighted by Crippen LogP contribution is -2.10. The highest BCUT2D eigenvalue weighted by Crippen LogP contribution is 2.18. The van der Waals surface area contributed by atoms with Gasteiger partial charge < -0.3 is 10.5 Å². The van der Waals surface area contributed by atoms with Crippen LogP contribution in [0.3, 0.4) is 0 Å². The van der Waals surface area contributed by atoms with Crippen molar-refractivity contribution < 1.29 is 4.74 Å². The molecule has 2 N–H and O–H groups in total. The Bertz CT molecular complexity index is 288. The van der Waals surface area contributed by atoms with E-state index in [1.165, 1.54) is 6.42 Å². The monoisotopic (exact) mass is 215 g/mol. The summed E-state index contributed by atoms with van der Waals surface area (Å²) in [5.41, 5.74) is 5.53. The molecular formula is C9H14ClN3O. The number of nitrogens with two attached hydrogens (primary N) is 1. The molecule has 0 aromatic carbocycles. The molecule has 1 atom stereocenters. The quantitative estimate of drug-likeness (QED) is 0.835. The number of anilines is 1. The summed E-state index contributed by atoms with van der Waals surface area (Å²) in [6.45, 7) is 1.72. The second-order valence-corrected chi connectivity index (χ2v) is 3.96. The van der Waals surface area contributed by atoms with Crippen molar-refractivity contribution in [1.82, 2.24) is 9.78 Å². The van der Waals surface area contributed by atoms with Gasteiger partial charge in [0, 0.05) is 19.3 Å². The summed E-state index contributed by atoms with van der Waals surface area (Å²) in [6, 6.07) is 0. The van der Waals surface area contributed by atoms with Gasteiger partial charge in [-0.15, -0.1) is 0 Å². The zero-order valence-corrected chi connectivity index (χ0v) is 8.70. The molecule has 1 unspecified atom stereocenters. The van der Waals surface area contributed by atoms with Crippen molar-refractivity contribution in [3.8, 4) is 0 Å². The first-order valence-electron chi connectivity index (χ1n) is 4.86. The summed E-state index contributed by atoms with van der Waals surface area (Å²) in [5.74, 6) is 0.402. The number of hydrogen-bond acceptors (Lipinski definition) is 3. The predicted octanol–water partition coefficient (Wildman–Crippen LogP) is 1.69. The minimum Gasteiger partial charge on any atom is -0.381 e. The van der Waals surface area contributed by atoms with Gasteiger partial charge in [0.2, 0.25) is 0 Å². The van der Waals surface area contributed by atoms with E-state index in [9.17, 15) is 0 Å². The van der Waals surface area contributed by atoms with Crippen molar-refractivity contribution in [2.24, 2.45) is 0 Å². The van der Waals surface area contributed by atoms with Crippen molar-refractivity contribution in [1.29, 1.82) is 0 Å². The highest BCUT2D eigenvalue weighted by Gasteiger charge is 2.15. The van der Waals surface area contributed by atoms with Crippen LogP contribution in [0.25, 0.3) is 0 Å². The van der Waals surface area contributed by atoms with E-state index < -0.39 is 0 Å². The van der Waals surface area contributed by atoms with Crippen molar-refractivity contribution >= 4 is 17.4 Å². The number of aromatic nitrogens is 2. The number of nitrogen functional groups attached to an aromatic ring is 1. The lowest BCUT2D eigenvalue weighted by atomic mass is 10.2. The molecule has 2 rings (SSSR count). The Kier molecular flexibility index (Phi) is 2.93. The molecule has 78 valence electrons. The first-order chi connectivity index (χ1) is 6.75. The van der Waals surface area contributed by atoms with Crippen LogP contribution >= 0.6 is 11.6 Å². The molecule has 1 aliphatic heterocycles. The summed E-state index contributed by atoms with van der Waals surface area (Å²) in [7, 11) is 0. The van der Waals surface area contributed by atoms with Crippen LogP contribution in [0.5, 0.6) is 0 Å². The minimum atomic E-state index is 0.388. The van der Waals surface area contributed by atoms with Crippen LogP contribution < -0.4 is 5.73 Å². The fourth-order valence-electron chi connectivity index (χ4n) is 1.67. The molecule has 4 nitrogen and oxygen atoms in total. The second kappa shape index (κ2) is 4.19. The zero-order chi connectivity index (χ0) is 9.97. The van der Waals surface area contributed by atoms with Gasteiger partial charge in [0.15, 0.2) is 5.82 Å². The molecule has 0 spiro atoms. The van der Waals surface area contributed by atoms with Crippen molar-refractivity contribution in [3.05, 3.63) is 11.2 Å². The molecule has 1 saturated heterocycles. The Balaban J connectivity index is 1.85. The third kappa shape index (κ3) is 2.19. The molecule has 0 aliphatic carbocycles. The van der Waals surface area contributed by atoms with Crippen LogP contribution in [0.15, 0.2) is 6.20 Å². The van der Waals surface area contributed by atoms with E-state index in [2.05, 4.69) is 5.10 Å². The van der Waals surface area contributed by atoms with E-state index in [1.54, 1.807) is 10.9 Å². The Labute approximate surface area is 88.0 Å². The minimum absolute atomic E-state index is 0.388. The molecule has 1 aromatic heterocycles. The van der Waals surface area contributed by atoms with E-state index in [0.29, 0.717) is 16.9 Å². The second-order valence-electron chi connectivity index (χ2n) is 3.55. The molecule has 5 heteroatoms. The van der Waals surface area contributed by atoms with Gasteiger partial charge in [-0.3, -0.25) is 4.68 Å². The molecule has 1 fully saturated rings. The van der Waals surface area contributed by atoms with Crippen LogP contribution in [0.4, 0.5) is 5.82 Å². The first-order valence-corrected chi connectivity index (χ1v) is 5.23. The van der Waals surface area contributed by atoms with Crippen LogP contribution in [-0.2, 0) is 11.3 Å². The highest BCUT2D eigenvalue weighted by atomic mass is 35.5. The fourth-order valence-corrected chi connectivity index (χ4v) is 1.83. The van der Waals surface area contributed by atoms with Gasteiger partial charge in [0.25, 0.3) is 0 Å². The van der Waals surface area contributed by atoms with E-state index in [0.717, 1.165) is 26.0 Å². The topological polar surface area (TPSA) is 53.1 Å². The van der Waals surface area contributed by atoms with Crippen molar-refractivity contribution in [2.75, 3.05) is 12.3 Å². The van der Waals surface area contributed by atoms with Gasteiger partial charge in [0.05, 0.1) is 6.10 Å². The van der Waals surface area contributed by atoms with Gasteiger partial charge in [-0.25, -0.2) is 0 Å². The molecule has 14 heavy (non-hydrogen) atoms. The number of halogens is 1. The molecule has 2 heterocycles. The highest BCUT2D eigenvalue weighted by molar-refractivity contribution is 6.32. The first kappa shape index (κ1) is 9.80. The Morgan fingerprint density at radius 3 is 3.14 bits per heavy atom. The lowest BCUT2D eigenvalue weighted by molar-refractivity contribution is 0.0994. The largest absolute Gasteiger partial charge is 0.381 e. The maximum Gasteiger partial charge on any atom is 0.164 e. The molecular weight excluding hydrogens is 202 g/mol. The van der Waals surface area contributed by atoms with Crippen molar-refractivity contribution in [3.63, 3.8) is 0 Å². The number of hydrogen-bond donors (Lipinski definition) is 1. The average Bonchev–Trinajstić information content (AvgIpc) is 2.74. The van der Waals surface area contributed by atoms with E-state index in [4.69, 9.17) is 22.1 Å². The normalized spacial score (nSPS) is 21.6. The molecule has 1 aromatic rings. The van der Waals surface area contributed by atoms with E-state index in [1.807, 2.05) is 0 Å². The van der Waals surface area contributed by atoms with Gasteiger partial charge in [-0.1, -0.05) is 11.6 Å². The predicted molar refractivity (Wildman–Crippen MR) is 55.2 cm³/mol. The van der Waals surface area contributed by atoms with E-state index in [-0.39, 0.29) is 0 Å². The summed E-state index contributed by atoms with van der Waals surface area (Å²) < 4.78 is 7.28. The average molecular weight is 216 g/mol. The van der Waals surface area contributed by atoms with Crippen LogP contribution in [0, 0.1) is 0 Å². The molecule has 1 aliphatic rings. The Hall–Kier alpha value is -0.740. The summed E-state index contributed by atoms with van der Waals surface area (Å²) >= 11 is 5.79. The van der Waals surface area contributed by atoms with E-state index >= 15 is 0 Å². The van der Waals surface area contributed by atoms with Gasteiger partial charge in [-0.2, -0.15) is 5.10 Å². The van der Waals surface area contributed by atoms with Crippen LogP contribution in [0.2, 0.25) is 5.02 Å². The third-order valence-corrected chi connectivity index (χ3v) is 2.74. The molecule has 0 saturated carbocycles. The van der Waals surface area contributed by atoms with Gasteiger partial charge in [-0.05, 0) is 19.3 Å².